The molecule has 5 heteroatoms. The summed E-state index contributed by atoms with van der Waals surface area (Å²) in [6.45, 7) is 7.46. The van der Waals surface area contributed by atoms with Crippen molar-refractivity contribution < 1.29 is 9.15 Å². The molecule has 5 nitrogen and oxygen atoms in total. The van der Waals surface area contributed by atoms with Crippen LogP contribution >= 0.6 is 0 Å². The third-order valence-corrected chi connectivity index (χ3v) is 3.90. The van der Waals surface area contributed by atoms with Gasteiger partial charge in [-0.15, -0.1) is 10.2 Å². The van der Waals surface area contributed by atoms with Crippen LogP contribution in [0.4, 0.5) is 0 Å². The normalized spacial score (nSPS) is 18.0. The molecule has 0 atom stereocenters. The summed E-state index contributed by atoms with van der Waals surface area (Å²) < 4.78 is 11.3. The molecule has 0 spiro atoms. The lowest BCUT2D eigenvalue weighted by atomic mass is 9.77. The molecule has 0 amide bonds. The lowest BCUT2D eigenvalue weighted by Gasteiger charge is -2.39. The van der Waals surface area contributed by atoms with Crippen LogP contribution < -0.4 is 5.32 Å². The van der Waals surface area contributed by atoms with E-state index in [2.05, 4.69) is 36.3 Å². The first-order valence-electron chi connectivity index (χ1n) is 7.54. The van der Waals surface area contributed by atoms with Gasteiger partial charge in [0, 0.05) is 19.1 Å². The molecule has 2 rings (SSSR count). The maximum Gasteiger partial charge on any atom is 0.219 e. The van der Waals surface area contributed by atoms with E-state index in [0.29, 0.717) is 5.89 Å². The Morgan fingerprint density at radius 2 is 1.95 bits per heavy atom. The Balaban J connectivity index is 1.75. The second-order valence-corrected chi connectivity index (χ2v) is 6.79. The quantitative estimate of drug-likeness (QED) is 0.778. The SMILES string of the molecule is COC1(Cc2nnc(CCCNC(C)(C)C)o2)CCC1. The fourth-order valence-corrected chi connectivity index (χ4v) is 2.46. The summed E-state index contributed by atoms with van der Waals surface area (Å²) in [4.78, 5) is 0. The molecule has 114 valence electrons. The van der Waals surface area contributed by atoms with Gasteiger partial charge in [-0.1, -0.05) is 0 Å². The number of hydrogen-bond donors (Lipinski definition) is 1. The van der Waals surface area contributed by atoms with E-state index in [9.17, 15) is 0 Å². The first kappa shape index (κ1) is 15.4. The second-order valence-electron chi connectivity index (χ2n) is 6.79. The van der Waals surface area contributed by atoms with Gasteiger partial charge in [-0.3, -0.25) is 0 Å². The van der Waals surface area contributed by atoms with Gasteiger partial charge in [0.2, 0.25) is 11.8 Å². The highest BCUT2D eigenvalue weighted by atomic mass is 16.5. The Morgan fingerprint density at radius 3 is 2.50 bits per heavy atom. The Kier molecular flexibility index (Phi) is 4.81. The van der Waals surface area contributed by atoms with Gasteiger partial charge in [-0.25, -0.2) is 0 Å². The van der Waals surface area contributed by atoms with E-state index >= 15 is 0 Å². The number of nitrogens with one attached hydrogen (secondary N) is 1. The number of aromatic nitrogens is 2. The highest BCUT2D eigenvalue weighted by Gasteiger charge is 2.38. The Hall–Kier alpha value is -0.940. The van der Waals surface area contributed by atoms with Crippen LogP contribution in [0.15, 0.2) is 4.42 Å². The van der Waals surface area contributed by atoms with Crippen molar-refractivity contribution in [3.63, 3.8) is 0 Å². The van der Waals surface area contributed by atoms with Crippen molar-refractivity contribution in [3.8, 4) is 0 Å². The Bertz CT molecular complexity index is 413. The van der Waals surface area contributed by atoms with Crippen LogP contribution in [-0.4, -0.2) is 35.0 Å². The van der Waals surface area contributed by atoms with Crippen LogP contribution in [0.1, 0.15) is 58.2 Å². The van der Waals surface area contributed by atoms with E-state index in [4.69, 9.17) is 9.15 Å². The number of aryl methyl sites for hydroxylation is 1. The number of rotatable bonds is 7. The molecule has 1 aromatic rings. The molecule has 0 saturated heterocycles. The fraction of sp³-hybridized carbons (Fsp3) is 0.867. The molecule has 0 aliphatic heterocycles. The molecule has 1 fully saturated rings. The van der Waals surface area contributed by atoms with E-state index in [1.54, 1.807) is 7.11 Å². The molecule has 1 heterocycles. The van der Waals surface area contributed by atoms with Gasteiger partial charge >= 0.3 is 0 Å². The molecule has 1 aromatic heterocycles. The van der Waals surface area contributed by atoms with E-state index < -0.39 is 0 Å². The molecule has 20 heavy (non-hydrogen) atoms. The molecule has 1 N–H and O–H groups in total. The smallest absolute Gasteiger partial charge is 0.219 e. The monoisotopic (exact) mass is 281 g/mol. The summed E-state index contributed by atoms with van der Waals surface area (Å²) in [7, 11) is 1.77. The number of ether oxygens (including phenoxy) is 1. The van der Waals surface area contributed by atoms with Crippen molar-refractivity contribution in [2.24, 2.45) is 0 Å². The molecule has 0 aromatic carbocycles. The van der Waals surface area contributed by atoms with Gasteiger partial charge in [0.1, 0.15) is 0 Å². The topological polar surface area (TPSA) is 60.2 Å². The van der Waals surface area contributed by atoms with Crippen molar-refractivity contribution >= 4 is 0 Å². The summed E-state index contributed by atoms with van der Waals surface area (Å²) in [5, 5.41) is 11.7. The van der Waals surface area contributed by atoms with Crippen LogP contribution in [0.5, 0.6) is 0 Å². The van der Waals surface area contributed by atoms with Gasteiger partial charge in [-0.05, 0) is 53.0 Å². The van der Waals surface area contributed by atoms with Crippen LogP contribution in [0.3, 0.4) is 0 Å². The van der Waals surface area contributed by atoms with Crippen molar-refractivity contribution in [3.05, 3.63) is 11.8 Å². The zero-order chi connectivity index (χ0) is 14.6. The predicted molar refractivity (Wildman–Crippen MR) is 77.7 cm³/mol. The van der Waals surface area contributed by atoms with E-state index in [0.717, 1.165) is 44.5 Å². The summed E-state index contributed by atoms with van der Waals surface area (Å²) in [6, 6.07) is 0. The van der Waals surface area contributed by atoms with Crippen LogP contribution in [0.2, 0.25) is 0 Å². The van der Waals surface area contributed by atoms with Crippen LogP contribution in [0, 0.1) is 0 Å². The second kappa shape index (κ2) is 6.22. The molecular weight excluding hydrogens is 254 g/mol. The van der Waals surface area contributed by atoms with Gasteiger partial charge in [-0.2, -0.15) is 0 Å². The Labute approximate surface area is 121 Å². The third-order valence-electron chi connectivity index (χ3n) is 3.90. The summed E-state index contributed by atoms with van der Waals surface area (Å²) in [5.41, 5.74) is 0.118. The zero-order valence-corrected chi connectivity index (χ0v) is 13.2. The maximum atomic E-state index is 5.72. The fourth-order valence-electron chi connectivity index (χ4n) is 2.46. The van der Waals surface area contributed by atoms with E-state index in [-0.39, 0.29) is 11.1 Å². The summed E-state index contributed by atoms with van der Waals surface area (Å²) in [5.74, 6) is 1.45. The maximum absolute atomic E-state index is 5.72. The first-order chi connectivity index (χ1) is 9.42. The van der Waals surface area contributed by atoms with Crippen molar-refractivity contribution in [2.45, 2.75) is 70.4 Å². The minimum absolute atomic E-state index is 0.0441. The molecule has 0 radical (unpaired) electrons. The lowest BCUT2D eigenvalue weighted by molar-refractivity contribution is -0.0746. The molecule has 0 unspecified atom stereocenters. The molecular formula is C15H27N3O2. The lowest BCUT2D eigenvalue weighted by Crippen LogP contribution is -2.41. The minimum Gasteiger partial charge on any atom is -0.425 e. The largest absolute Gasteiger partial charge is 0.425 e. The Morgan fingerprint density at radius 1 is 1.25 bits per heavy atom. The molecule has 1 aliphatic rings. The van der Waals surface area contributed by atoms with Crippen LogP contribution in [0.25, 0.3) is 0 Å². The minimum atomic E-state index is -0.0441. The van der Waals surface area contributed by atoms with Gasteiger partial charge in [0.05, 0.1) is 12.0 Å². The number of methoxy groups -OCH3 is 1. The predicted octanol–water partition coefficient (Wildman–Crippen LogP) is 2.50. The van der Waals surface area contributed by atoms with Crippen LogP contribution in [-0.2, 0) is 17.6 Å². The first-order valence-corrected chi connectivity index (χ1v) is 7.54. The van der Waals surface area contributed by atoms with E-state index in [1.165, 1.54) is 6.42 Å². The number of hydrogen-bond acceptors (Lipinski definition) is 5. The standard InChI is InChI=1S/C15H27N3O2/c1-14(2,3)16-10-5-7-12-17-18-13(20-12)11-15(19-4)8-6-9-15/h16H,5-11H2,1-4H3. The highest BCUT2D eigenvalue weighted by Crippen LogP contribution is 2.37. The van der Waals surface area contributed by atoms with Crippen molar-refractivity contribution in [1.82, 2.24) is 15.5 Å². The van der Waals surface area contributed by atoms with Crippen molar-refractivity contribution in [2.75, 3.05) is 13.7 Å². The van der Waals surface area contributed by atoms with E-state index in [1.807, 2.05) is 0 Å². The average Bonchev–Trinajstić information content (AvgIpc) is 2.76. The molecule has 0 bridgehead atoms. The van der Waals surface area contributed by atoms with Gasteiger partial charge in [0.15, 0.2) is 0 Å². The third kappa shape index (κ3) is 4.28. The molecule has 1 saturated carbocycles. The number of nitrogens with zero attached hydrogens (tertiary/aromatic N) is 2. The van der Waals surface area contributed by atoms with Gasteiger partial charge in [0.25, 0.3) is 0 Å². The van der Waals surface area contributed by atoms with Crippen molar-refractivity contribution in [1.29, 1.82) is 0 Å². The zero-order valence-electron chi connectivity index (χ0n) is 13.2. The van der Waals surface area contributed by atoms with Gasteiger partial charge < -0.3 is 14.5 Å². The average molecular weight is 281 g/mol. The summed E-state index contributed by atoms with van der Waals surface area (Å²) in [6.07, 6.45) is 6.00. The molecule has 1 aliphatic carbocycles. The highest BCUT2D eigenvalue weighted by molar-refractivity contribution is 4.97. The summed E-state index contributed by atoms with van der Waals surface area (Å²) >= 11 is 0.